The van der Waals surface area contributed by atoms with Gasteiger partial charge in [-0.3, -0.25) is 14.1 Å². The van der Waals surface area contributed by atoms with Gasteiger partial charge in [0.15, 0.2) is 0 Å². The van der Waals surface area contributed by atoms with Crippen molar-refractivity contribution in [1.82, 2.24) is 24.3 Å². The van der Waals surface area contributed by atoms with Gasteiger partial charge in [0.05, 0.1) is 6.04 Å². The van der Waals surface area contributed by atoms with Crippen LogP contribution in [0.4, 0.5) is 16.4 Å². The summed E-state index contributed by atoms with van der Waals surface area (Å²) >= 11 is 0. The smallest absolute Gasteiger partial charge is 0.410 e. The number of nitrogens with two attached hydrogens (primary N) is 1. The Kier molecular flexibility index (Phi) is 7.27. The Labute approximate surface area is 236 Å². The average Bonchev–Trinajstić information content (AvgIpc) is 3.42. The van der Waals surface area contributed by atoms with E-state index in [1.807, 2.05) is 59.1 Å². The van der Waals surface area contributed by atoms with E-state index in [2.05, 4.69) is 15.3 Å². The van der Waals surface area contributed by atoms with Gasteiger partial charge < -0.3 is 15.8 Å². The first-order chi connectivity index (χ1) is 20.1. The lowest BCUT2D eigenvalue weighted by Crippen LogP contribution is -2.39. The third-order valence-corrected chi connectivity index (χ3v) is 7.18. The number of hydrogen-bond donors (Lipinski definition) is 2. The van der Waals surface area contributed by atoms with Crippen molar-refractivity contribution >= 4 is 29.2 Å². The molecule has 3 N–H and O–H groups in total. The van der Waals surface area contributed by atoms with E-state index in [-0.39, 0.29) is 24.6 Å². The van der Waals surface area contributed by atoms with Crippen molar-refractivity contribution in [2.24, 2.45) is 0 Å². The van der Waals surface area contributed by atoms with Gasteiger partial charge in [-0.05, 0) is 49.1 Å². The van der Waals surface area contributed by atoms with Gasteiger partial charge in [-0.15, -0.1) is 0 Å². The number of pyridine rings is 1. The molecule has 2 amide bonds. The van der Waals surface area contributed by atoms with Crippen LogP contribution in [0.1, 0.15) is 47.1 Å². The predicted octanol–water partition coefficient (Wildman–Crippen LogP) is 5.49. The van der Waals surface area contributed by atoms with Crippen LogP contribution < -0.4 is 11.1 Å². The molecule has 41 heavy (non-hydrogen) atoms. The molecule has 1 fully saturated rings. The minimum absolute atomic E-state index is 0.202. The van der Waals surface area contributed by atoms with Crippen molar-refractivity contribution in [3.63, 3.8) is 0 Å². The molecule has 1 atom stereocenters. The first-order valence-electron chi connectivity index (χ1n) is 13.5. The molecule has 3 aromatic heterocycles. The minimum Gasteiger partial charge on any atom is -0.445 e. The minimum atomic E-state index is -0.373. The largest absolute Gasteiger partial charge is 0.445 e. The molecule has 1 aliphatic heterocycles. The standard InChI is InChI=1S/C31H29N7O3/c32-28-27-26(22-12-14-23(15-13-22)30(39)35-25-11-4-6-16-33-25)36-29(38(27)19-17-34-28)24-10-5-7-18-37(24)31(40)41-20-21-8-2-1-3-9-21/h1-4,6,8-9,11-17,19,24H,5,7,10,18,20H2,(H2,32,34)(H,33,35,39)/t24-/m0/s1. The number of hydrogen-bond acceptors (Lipinski definition) is 7. The number of nitrogen functional groups attached to an aromatic ring is 1. The maximum Gasteiger partial charge on any atom is 0.410 e. The first-order valence-corrected chi connectivity index (χ1v) is 13.5. The van der Waals surface area contributed by atoms with Crippen molar-refractivity contribution in [2.75, 3.05) is 17.6 Å². The fraction of sp³-hybridized carbons (Fsp3) is 0.194. The summed E-state index contributed by atoms with van der Waals surface area (Å²) in [7, 11) is 0. The molecule has 0 aliphatic carbocycles. The fourth-order valence-corrected chi connectivity index (χ4v) is 5.15. The molecule has 6 rings (SSSR count). The monoisotopic (exact) mass is 547 g/mol. The van der Waals surface area contributed by atoms with Crippen LogP contribution >= 0.6 is 0 Å². The van der Waals surface area contributed by atoms with Gasteiger partial charge in [-0.1, -0.05) is 48.5 Å². The quantitative estimate of drug-likeness (QED) is 0.288. The molecule has 1 aliphatic rings. The highest BCUT2D eigenvalue weighted by Gasteiger charge is 2.33. The fourth-order valence-electron chi connectivity index (χ4n) is 5.15. The van der Waals surface area contributed by atoms with Crippen molar-refractivity contribution in [3.8, 4) is 11.3 Å². The molecule has 0 bridgehead atoms. The zero-order valence-corrected chi connectivity index (χ0v) is 22.3. The highest BCUT2D eigenvalue weighted by atomic mass is 16.6. The lowest BCUT2D eigenvalue weighted by molar-refractivity contribution is 0.0657. The van der Waals surface area contributed by atoms with Crippen LogP contribution in [-0.2, 0) is 11.3 Å². The third-order valence-electron chi connectivity index (χ3n) is 7.18. The SMILES string of the molecule is Nc1nccn2c([C@@H]3CCCCN3C(=O)OCc3ccccc3)nc(-c3ccc(C(=O)Nc4ccccn4)cc3)c12. The number of imidazole rings is 1. The number of rotatable bonds is 6. The number of ether oxygens (including phenoxy) is 1. The van der Waals surface area contributed by atoms with E-state index < -0.39 is 0 Å². The highest BCUT2D eigenvalue weighted by Crippen LogP contribution is 2.36. The van der Waals surface area contributed by atoms with E-state index in [9.17, 15) is 9.59 Å². The van der Waals surface area contributed by atoms with Gasteiger partial charge in [0, 0.05) is 36.3 Å². The van der Waals surface area contributed by atoms with Gasteiger partial charge in [-0.2, -0.15) is 0 Å². The molecule has 2 aromatic carbocycles. The Morgan fingerprint density at radius 3 is 2.54 bits per heavy atom. The summed E-state index contributed by atoms with van der Waals surface area (Å²) in [5.74, 6) is 1.23. The normalized spacial score (nSPS) is 15.0. The number of piperidine rings is 1. The van der Waals surface area contributed by atoms with Gasteiger partial charge >= 0.3 is 6.09 Å². The number of aromatic nitrogens is 4. The van der Waals surface area contributed by atoms with Gasteiger partial charge in [0.25, 0.3) is 5.91 Å². The molecule has 0 unspecified atom stereocenters. The molecule has 5 aromatic rings. The maximum atomic E-state index is 13.3. The van der Waals surface area contributed by atoms with Crippen molar-refractivity contribution in [2.45, 2.75) is 31.9 Å². The predicted molar refractivity (Wildman–Crippen MR) is 155 cm³/mol. The number of nitrogens with one attached hydrogen (secondary N) is 1. The molecule has 0 radical (unpaired) electrons. The number of fused-ring (bicyclic) bond motifs is 1. The zero-order valence-electron chi connectivity index (χ0n) is 22.3. The molecule has 1 saturated heterocycles. The van der Waals surface area contributed by atoms with Gasteiger partial charge in [0.2, 0.25) is 0 Å². The Hall–Kier alpha value is -5.25. The number of amides is 2. The Morgan fingerprint density at radius 2 is 1.76 bits per heavy atom. The summed E-state index contributed by atoms with van der Waals surface area (Å²) in [6.07, 6.45) is 7.28. The van der Waals surface area contributed by atoms with Gasteiger partial charge in [0.1, 0.15) is 35.3 Å². The molecular weight excluding hydrogens is 518 g/mol. The third kappa shape index (κ3) is 5.44. The van der Waals surface area contributed by atoms with E-state index in [1.165, 1.54) is 0 Å². The molecule has 206 valence electrons. The molecule has 10 nitrogen and oxygen atoms in total. The maximum absolute atomic E-state index is 13.3. The lowest BCUT2D eigenvalue weighted by atomic mass is 10.0. The summed E-state index contributed by atoms with van der Waals surface area (Å²) in [4.78, 5) is 41.2. The number of likely N-dealkylation sites (tertiary alicyclic amines) is 1. The van der Waals surface area contributed by atoms with E-state index >= 15 is 0 Å². The van der Waals surface area contributed by atoms with Crippen LogP contribution in [0, 0.1) is 0 Å². The van der Waals surface area contributed by atoms with Gasteiger partial charge in [-0.25, -0.2) is 19.7 Å². The van der Waals surface area contributed by atoms with Crippen LogP contribution in [-0.4, -0.2) is 42.8 Å². The Bertz CT molecular complexity index is 1670. The van der Waals surface area contributed by atoms with Crippen molar-refractivity contribution in [1.29, 1.82) is 0 Å². The van der Waals surface area contributed by atoms with E-state index in [1.54, 1.807) is 41.6 Å². The second kappa shape index (κ2) is 11.5. The number of anilines is 2. The number of nitrogens with zero attached hydrogens (tertiary/aromatic N) is 5. The average molecular weight is 548 g/mol. The molecular formula is C31H29N7O3. The lowest BCUT2D eigenvalue weighted by Gasteiger charge is -2.34. The Morgan fingerprint density at radius 1 is 0.951 bits per heavy atom. The summed E-state index contributed by atoms with van der Waals surface area (Å²) < 4.78 is 7.60. The van der Waals surface area contributed by atoms with Crippen LogP contribution in [0.2, 0.25) is 0 Å². The molecule has 10 heteroatoms. The molecule has 0 spiro atoms. The summed E-state index contributed by atoms with van der Waals surface area (Å²) in [5, 5.41) is 2.79. The second-order valence-corrected chi connectivity index (χ2v) is 9.84. The summed E-state index contributed by atoms with van der Waals surface area (Å²) in [5.41, 5.74) is 9.82. The van der Waals surface area contributed by atoms with Crippen LogP contribution in [0.5, 0.6) is 0 Å². The van der Waals surface area contributed by atoms with E-state index in [4.69, 9.17) is 15.5 Å². The summed E-state index contributed by atoms with van der Waals surface area (Å²) in [6, 6.07) is 21.8. The van der Waals surface area contributed by atoms with Crippen molar-refractivity contribution < 1.29 is 14.3 Å². The van der Waals surface area contributed by atoms with Crippen LogP contribution in [0.25, 0.3) is 16.8 Å². The molecule has 0 saturated carbocycles. The van der Waals surface area contributed by atoms with Crippen molar-refractivity contribution in [3.05, 3.63) is 108 Å². The Balaban J connectivity index is 1.29. The summed E-state index contributed by atoms with van der Waals surface area (Å²) in [6.45, 7) is 0.775. The second-order valence-electron chi connectivity index (χ2n) is 9.84. The van der Waals surface area contributed by atoms with E-state index in [0.717, 1.165) is 30.4 Å². The molecule has 4 heterocycles. The number of carbonyl (C=O) groups excluding carboxylic acids is 2. The zero-order chi connectivity index (χ0) is 28.2. The number of carbonyl (C=O) groups is 2. The van der Waals surface area contributed by atoms with Crippen LogP contribution in [0.3, 0.4) is 0 Å². The topological polar surface area (TPSA) is 128 Å². The number of benzene rings is 2. The van der Waals surface area contributed by atoms with E-state index in [0.29, 0.717) is 40.8 Å². The first kappa shape index (κ1) is 26.0. The van der Waals surface area contributed by atoms with Crippen LogP contribution in [0.15, 0.2) is 91.4 Å². The highest BCUT2D eigenvalue weighted by molar-refractivity contribution is 6.04.